The number of carbonyl (C=O) groups excluding carboxylic acids is 1. The Balaban J connectivity index is 1.03. The molecule has 4 aliphatic rings. The summed E-state index contributed by atoms with van der Waals surface area (Å²) in [4.78, 5) is 31.5. The first-order valence-corrected chi connectivity index (χ1v) is 19.6. The van der Waals surface area contributed by atoms with Crippen LogP contribution in [0.5, 0.6) is 0 Å². The zero-order chi connectivity index (χ0) is 37.3. The predicted octanol–water partition coefficient (Wildman–Crippen LogP) is 4.07. The molecule has 1 aliphatic carbocycles. The molecule has 0 aromatic heterocycles. The van der Waals surface area contributed by atoms with Crippen LogP contribution in [0.15, 0.2) is 65.6 Å². The summed E-state index contributed by atoms with van der Waals surface area (Å²) in [6, 6.07) is 14.8. The third-order valence-corrected chi connectivity index (χ3v) is 13.5. The minimum atomic E-state index is -3.62. The SMILES string of the molecule is CN(C)C/C=C/C(=O)N1CC(S(=O)(=O)c2ccc(N3CC(F)(CN4CCC(C(C#N)(c5cccc(F)c5)[C@H]5CCC[C@@H]5NC(=O)O)CC4)C3)cc2)C1. The summed E-state index contributed by atoms with van der Waals surface area (Å²) in [6.07, 6.45) is 5.31. The molecule has 2 aromatic rings. The average molecular weight is 739 g/mol. The van der Waals surface area contributed by atoms with Crippen molar-refractivity contribution in [2.45, 2.75) is 59.4 Å². The molecule has 3 aliphatic heterocycles. The lowest BCUT2D eigenvalue weighted by molar-refractivity contribution is -0.129. The van der Waals surface area contributed by atoms with Crippen LogP contribution >= 0.6 is 0 Å². The summed E-state index contributed by atoms with van der Waals surface area (Å²) in [7, 11) is 0.169. The highest BCUT2D eigenvalue weighted by Crippen LogP contribution is 2.50. The van der Waals surface area contributed by atoms with Crippen molar-refractivity contribution in [1.82, 2.24) is 20.0 Å². The van der Waals surface area contributed by atoms with E-state index in [0.29, 0.717) is 50.9 Å². The van der Waals surface area contributed by atoms with E-state index in [0.717, 1.165) is 12.1 Å². The Morgan fingerprint density at radius 2 is 1.79 bits per heavy atom. The van der Waals surface area contributed by atoms with Gasteiger partial charge in [0.2, 0.25) is 5.91 Å². The number of piperidine rings is 1. The van der Waals surface area contributed by atoms with Crippen LogP contribution in [0, 0.1) is 29.0 Å². The molecule has 14 heteroatoms. The normalized spacial score (nSPS) is 23.9. The largest absolute Gasteiger partial charge is 0.465 e. The van der Waals surface area contributed by atoms with Crippen LogP contribution < -0.4 is 10.2 Å². The summed E-state index contributed by atoms with van der Waals surface area (Å²) < 4.78 is 57.0. The Labute approximate surface area is 304 Å². The van der Waals surface area contributed by atoms with E-state index in [-0.39, 0.29) is 55.4 Å². The van der Waals surface area contributed by atoms with Crippen molar-refractivity contribution in [3.05, 3.63) is 72.1 Å². The van der Waals surface area contributed by atoms with Crippen molar-refractivity contribution in [3.8, 4) is 6.07 Å². The van der Waals surface area contributed by atoms with E-state index in [1.165, 1.54) is 23.1 Å². The molecular weight excluding hydrogens is 691 g/mol. The Kier molecular flexibility index (Phi) is 11.0. The van der Waals surface area contributed by atoms with Crippen LogP contribution in [0.3, 0.4) is 0 Å². The minimum absolute atomic E-state index is 0.147. The quantitative estimate of drug-likeness (QED) is 0.309. The number of anilines is 1. The second-order valence-electron chi connectivity index (χ2n) is 15.2. The summed E-state index contributed by atoms with van der Waals surface area (Å²) in [6.45, 7) is 2.57. The third kappa shape index (κ3) is 7.68. The maximum atomic E-state index is 16.0. The van der Waals surface area contributed by atoms with Crippen molar-refractivity contribution in [2.75, 3.05) is 71.4 Å². The standard InChI is InChI=1S/C38H48F2N6O5S/c1-43(2)17-5-10-35(47)45-21-32(22-45)52(50,51)31-13-11-30(12-14-31)46-25-37(40,26-46)24-44-18-15-27(16-19-44)38(23-41,28-6-3-7-29(39)20-28)33-8-4-9-34(33)42-36(48)49/h3,5-7,10-14,20,27,32-34,42H,4,8-9,15-19,21-22,24-26H2,1-2H3,(H,48,49)/b10-5+/t33-,34-,38?/m0/s1. The van der Waals surface area contributed by atoms with Crippen molar-refractivity contribution in [1.29, 1.82) is 5.26 Å². The van der Waals surface area contributed by atoms with Crippen molar-refractivity contribution >= 4 is 27.5 Å². The lowest BCUT2D eigenvalue weighted by Crippen LogP contribution is -2.64. The van der Waals surface area contributed by atoms with Gasteiger partial charge in [0, 0.05) is 49.9 Å². The van der Waals surface area contributed by atoms with Crippen LogP contribution in [0.4, 0.5) is 19.3 Å². The number of sulfone groups is 1. The van der Waals surface area contributed by atoms with Crippen LogP contribution in [0.25, 0.3) is 0 Å². The molecule has 2 amide bonds. The fourth-order valence-corrected chi connectivity index (χ4v) is 10.4. The van der Waals surface area contributed by atoms with Crippen LogP contribution in [0.1, 0.15) is 37.7 Å². The Morgan fingerprint density at radius 3 is 2.40 bits per heavy atom. The van der Waals surface area contributed by atoms with E-state index in [1.807, 2.05) is 23.9 Å². The van der Waals surface area contributed by atoms with E-state index in [2.05, 4.69) is 16.3 Å². The lowest BCUT2D eigenvalue weighted by atomic mass is 9.59. The predicted molar refractivity (Wildman–Crippen MR) is 193 cm³/mol. The van der Waals surface area contributed by atoms with Crippen LogP contribution in [-0.4, -0.2) is 124 Å². The number of nitrogens with zero attached hydrogens (tertiary/aromatic N) is 5. The Bertz CT molecular complexity index is 1800. The monoisotopic (exact) mass is 738 g/mol. The number of halogens is 2. The summed E-state index contributed by atoms with van der Waals surface area (Å²) in [5, 5.41) is 22.3. The van der Waals surface area contributed by atoms with Gasteiger partial charge in [-0.2, -0.15) is 5.26 Å². The van der Waals surface area contributed by atoms with Gasteiger partial charge >= 0.3 is 6.09 Å². The van der Waals surface area contributed by atoms with Gasteiger partial charge in [-0.15, -0.1) is 0 Å². The molecule has 2 N–H and O–H groups in total. The number of rotatable bonds is 12. The van der Waals surface area contributed by atoms with E-state index >= 15 is 4.39 Å². The van der Waals surface area contributed by atoms with E-state index < -0.39 is 44.1 Å². The van der Waals surface area contributed by atoms with Gasteiger partial charge in [-0.3, -0.25) is 9.69 Å². The van der Waals surface area contributed by atoms with Gasteiger partial charge in [0.25, 0.3) is 0 Å². The minimum Gasteiger partial charge on any atom is -0.465 e. The van der Waals surface area contributed by atoms with Gasteiger partial charge in [0.05, 0.1) is 29.5 Å². The lowest BCUT2D eigenvalue weighted by Gasteiger charge is -2.50. The number of nitrogens with one attached hydrogen (secondary N) is 1. The first-order valence-electron chi connectivity index (χ1n) is 18.0. The third-order valence-electron chi connectivity index (χ3n) is 11.4. The molecule has 0 radical (unpaired) electrons. The maximum Gasteiger partial charge on any atom is 0.404 e. The summed E-state index contributed by atoms with van der Waals surface area (Å²) in [5.41, 5.74) is -1.24. The zero-order valence-corrected chi connectivity index (χ0v) is 30.6. The number of likely N-dealkylation sites (N-methyl/N-ethyl adjacent to an activating group) is 1. The van der Waals surface area contributed by atoms with Gasteiger partial charge in [0.1, 0.15) is 11.1 Å². The molecule has 3 heterocycles. The molecular formula is C38H48F2N6O5S. The molecule has 4 fully saturated rings. The highest BCUT2D eigenvalue weighted by molar-refractivity contribution is 7.92. The zero-order valence-electron chi connectivity index (χ0n) is 29.8. The molecule has 280 valence electrons. The maximum absolute atomic E-state index is 16.0. The van der Waals surface area contributed by atoms with E-state index in [4.69, 9.17) is 0 Å². The number of carbonyl (C=O) groups is 2. The number of carboxylic acid groups (broad SMARTS) is 1. The topological polar surface area (TPSA) is 137 Å². The molecule has 3 atom stereocenters. The number of hydrogen-bond acceptors (Lipinski definition) is 8. The van der Waals surface area contributed by atoms with E-state index in [1.54, 1.807) is 42.5 Å². The fraction of sp³-hybridized carbons (Fsp3) is 0.553. The Hall–Kier alpha value is -4.06. The van der Waals surface area contributed by atoms with Crippen molar-refractivity contribution < 1.29 is 31.9 Å². The van der Waals surface area contributed by atoms with Gasteiger partial charge < -0.3 is 25.1 Å². The molecule has 2 aromatic carbocycles. The van der Waals surface area contributed by atoms with Gasteiger partial charge in [0.15, 0.2) is 15.5 Å². The highest BCUT2D eigenvalue weighted by Gasteiger charge is 2.53. The fourth-order valence-electron chi connectivity index (χ4n) is 8.76. The van der Waals surface area contributed by atoms with Crippen LogP contribution in [0.2, 0.25) is 0 Å². The number of alkyl halides is 1. The highest BCUT2D eigenvalue weighted by atomic mass is 32.2. The smallest absolute Gasteiger partial charge is 0.404 e. The second kappa shape index (κ2) is 15.1. The second-order valence-corrected chi connectivity index (χ2v) is 17.4. The van der Waals surface area contributed by atoms with Crippen molar-refractivity contribution in [3.63, 3.8) is 0 Å². The number of likely N-dealkylation sites (tertiary alicyclic amines) is 2. The number of benzene rings is 2. The number of hydrogen-bond donors (Lipinski definition) is 2. The number of nitriles is 1. The van der Waals surface area contributed by atoms with Gasteiger partial charge in [-0.05, 0) is 101 Å². The summed E-state index contributed by atoms with van der Waals surface area (Å²) in [5.74, 6) is -1.11. The first kappa shape index (κ1) is 37.7. The Morgan fingerprint density at radius 1 is 1.10 bits per heavy atom. The van der Waals surface area contributed by atoms with Gasteiger partial charge in [-0.1, -0.05) is 24.6 Å². The number of amides is 2. The van der Waals surface area contributed by atoms with Crippen LogP contribution in [-0.2, 0) is 20.0 Å². The average Bonchev–Trinajstić information content (AvgIpc) is 3.51. The van der Waals surface area contributed by atoms with E-state index in [9.17, 15) is 32.8 Å². The molecule has 1 unspecified atom stereocenters. The molecule has 3 saturated heterocycles. The molecule has 0 spiro atoms. The molecule has 1 saturated carbocycles. The molecule has 52 heavy (non-hydrogen) atoms. The summed E-state index contributed by atoms with van der Waals surface area (Å²) >= 11 is 0. The first-order chi connectivity index (χ1) is 24.7. The molecule has 6 rings (SSSR count). The van der Waals surface area contributed by atoms with Gasteiger partial charge in [-0.25, -0.2) is 22.0 Å². The van der Waals surface area contributed by atoms with Crippen molar-refractivity contribution in [2.24, 2.45) is 11.8 Å². The molecule has 0 bridgehead atoms. The molecule has 11 nitrogen and oxygen atoms in total.